The quantitative estimate of drug-likeness (QED) is 0.559. The van der Waals surface area contributed by atoms with E-state index >= 15 is 0 Å². The Kier molecular flexibility index (Phi) is 2.09. The topological polar surface area (TPSA) is 12.9 Å². The lowest BCUT2D eigenvalue weighted by molar-refractivity contribution is 1.01. The summed E-state index contributed by atoms with van der Waals surface area (Å²) in [6, 6.07) is 4.12. The Balaban J connectivity index is 2.26. The van der Waals surface area contributed by atoms with Crippen LogP contribution in [0, 0.1) is 0 Å². The molecule has 0 aliphatic heterocycles. The number of thiol groups is 1. The summed E-state index contributed by atoms with van der Waals surface area (Å²) in [6.45, 7) is 0. The van der Waals surface area contributed by atoms with Gasteiger partial charge in [0.15, 0.2) is 0 Å². The first-order valence-electron chi connectivity index (χ1n) is 3.67. The smallest absolute Gasteiger partial charge is 0.0445 e. The van der Waals surface area contributed by atoms with Crippen LogP contribution < -0.4 is 0 Å². The van der Waals surface area contributed by atoms with Crippen molar-refractivity contribution in [1.82, 2.24) is 4.98 Å². The van der Waals surface area contributed by atoms with E-state index in [0.717, 1.165) is 5.92 Å². The monoisotopic (exact) mass is 183 g/mol. The van der Waals surface area contributed by atoms with Gasteiger partial charge in [0.1, 0.15) is 0 Å². The summed E-state index contributed by atoms with van der Waals surface area (Å²) in [6.07, 6.45) is 4.49. The van der Waals surface area contributed by atoms with Crippen LogP contribution in [-0.2, 0) is 0 Å². The molecule has 58 valence electrons. The molecule has 1 saturated carbocycles. The number of hydrogen-bond donors (Lipinski definition) is 1. The van der Waals surface area contributed by atoms with Crippen LogP contribution in [0.3, 0.4) is 0 Å². The van der Waals surface area contributed by atoms with Crippen molar-refractivity contribution in [1.29, 1.82) is 0 Å². The van der Waals surface area contributed by atoms with Gasteiger partial charge in [-0.3, -0.25) is 4.98 Å². The predicted molar refractivity (Wildman–Crippen MR) is 51.1 cm³/mol. The lowest BCUT2D eigenvalue weighted by atomic mass is 10.2. The second-order valence-corrected chi connectivity index (χ2v) is 3.98. The zero-order chi connectivity index (χ0) is 7.68. The van der Waals surface area contributed by atoms with E-state index in [4.69, 9.17) is 0 Å². The SMILES string of the molecule is SSc1ccnc(C2CC2)c1. The normalized spacial score (nSPS) is 16.8. The molecule has 1 aliphatic carbocycles. The average Bonchev–Trinajstić information content (AvgIpc) is 2.87. The Hall–Kier alpha value is -0.150. The molecule has 2 rings (SSSR count). The van der Waals surface area contributed by atoms with Crippen molar-refractivity contribution in [2.45, 2.75) is 23.7 Å². The molecule has 3 heteroatoms. The fraction of sp³-hybridized carbons (Fsp3) is 0.375. The van der Waals surface area contributed by atoms with E-state index in [9.17, 15) is 0 Å². The third-order valence-corrected chi connectivity index (χ3v) is 2.95. The Labute approximate surface area is 75.4 Å². The van der Waals surface area contributed by atoms with E-state index < -0.39 is 0 Å². The van der Waals surface area contributed by atoms with Gasteiger partial charge in [-0.25, -0.2) is 0 Å². The molecule has 1 aromatic rings. The molecule has 0 unspecified atom stereocenters. The van der Waals surface area contributed by atoms with Gasteiger partial charge in [-0.1, -0.05) is 10.8 Å². The summed E-state index contributed by atoms with van der Waals surface area (Å²) >= 11 is 4.14. The Morgan fingerprint density at radius 1 is 1.55 bits per heavy atom. The van der Waals surface area contributed by atoms with Gasteiger partial charge in [-0.2, -0.15) is 0 Å². The Bertz CT molecular complexity index is 258. The van der Waals surface area contributed by atoms with E-state index in [-0.39, 0.29) is 0 Å². The maximum absolute atomic E-state index is 4.30. The molecular formula is C8H9NS2. The second-order valence-electron chi connectivity index (χ2n) is 2.78. The van der Waals surface area contributed by atoms with E-state index in [1.807, 2.05) is 12.3 Å². The number of aromatic nitrogens is 1. The van der Waals surface area contributed by atoms with Crippen molar-refractivity contribution < 1.29 is 0 Å². The van der Waals surface area contributed by atoms with Crippen LogP contribution in [0.4, 0.5) is 0 Å². The highest BCUT2D eigenvalue weighted by Crippen LogP contribution is 2.39. The van der Waals surface area contributed by atoms with Crippen LogP contribution in [0.2, 0.25) is 0 Å². The van der Waals surface area contributed by atoms with Crippen LogP contribution in [0.15, 0.2) is 23.2 Å². The van der Waals surface area contributed by atoms with Gasteiger partial charge < -0.3 is 0 Å². The summed E-state index contributed by atoms with van der Waals surface area (Å²) in [5.74, 6) is 0.746. The maximum Gasteiger partial charge on any atom is 0.0445 e. The second kappa shape index (κ2) is 3.07. The molecule has 0 radical (unpaired) electrons. The number of nitrogens with zero attached hydrogens (tertiary/aromatic N) is 1. The van der Waals surface area contributed by atoms with Gasteiger partial charge in [0, 0.05) is 22.7 Å². The van der Waals surface area contributed by atoms with Crippen LogP contribution in [-0.4, -0.2) is 4.98 Å². The van der Waals surface area contributed by atoms with Gasteiger partial charge in [-0.15, -0.1) is 11.7 Å². The molecule has 0 bridgehead atoms. The summed E-state index contributed by atoms with van der Waals surface area (Å²) in [5, 5.41) is 0. The van der Waals surface area contributed by atoms with Crippen molar-refractivity contribution >= 4 is 22.5 Å². The first-order chi connectivity index (χ1) is 5.40. The van der Waals surface area contributed by atoms with Crippen molar-refractivity contribution in [3.63, 3.8) is 0 Å². The predicted octanol–water partition coefficient (Wildman–Crippen LogP) is 2.90. The lowest BCUT2D eigenvalue weighted by Gasteiger charge is -1.98. The summed E-state index contributed by atoms with van der Waals surface area (Å²) in [4.78, 5) is 5.50. The maximum atomic E-state index is 4.30. The third-order valence-electron chi connectivity index (χ3n) is 1.85. The molecule has 0 saturated heterocycles. The van der Waals surface area contributed by atoms with Crippen molar-refractivity contribution in [3.8, 4) is 0 Å². The first kappa shape index (κ1) is 7.50. The van der Waals surface area contributed by atoms with Crippen LogP contribution in [0.25, 0.3) is 0 Å². The molecule has 1 heterocycles. The minimum Gasteiger partial charge on any atom is -0.261 e. The van der Waals surface area contributed by atoms with Crippen LogP contribution in [0.5, 0.6) is 0 Å². The molecule has 1 fully saturated rings. The van der Waals surface area contributed by atoms with Crippen LogP contribution in [0.1, 0.15) is 24.5 Å². The van der Waals surface area contributed by atoms with Gasteiger partial charge in [0.25, 0.3) is 0 Å². The summed E-state index contributed by atoms with van der Waals surface area (Å²) in [7, 11) is 1.48. The zero-order valence-corrected chi connectivity index (χ0v) is 7.74. The minimum atomic E-state index is 0.746. The highest BCUT2D eigenvalue weighted by molar-refractivity contribution is 8.68. The molecule has 11 heavy (non-hydrogen) atoms. The van der Waals surface area contributed by atoms with Crippen molar-refractivity contribution in [2.24, 2.45) is 0 Å². The molecule has 0 spiro atoms. The largest absolute Gasteiger partial charge is 0.261 e. The molecule has 0 atom stereocenters. The number of hydrogen-bond acceptors (Lipinski definition) is 3. The van der Waals surface area contributed by atoms with Gasteiger partial charge in [0.05, 0.1) is 0 Å². The molecule has 0 amide bonds. The first-order valence-corrected chi connectivity index (χ1v) is 5.54. The van der Waals surface area contributed by atoms with Crippen LogP contribution >= 0.6 is 22.5 Å². The zero-order valence-electron chi connectivity index (χ0n) is 6.03. The third kappa shape index (κ3) is 1.71. The molecule has 1 aromatic heterocycles. The summed E-state index contributed by atoms with van der Waals surface area (Å²) < 4.78 is 0. The molecule has 1 nitrogen and oxygen atoms in total. The highest BCUT2D eigenvalue weighted by Gasteiger charge is 2.24. The molecule has 0 aromatic carbocycles. The van der Waals surface area contributed by atoms with E-state index in [2.05, 4.69) is 22.7 Å². The molecular weight excluding hydrogens is 174 g/mol. The average molecular weight is 183 g/mol. The minimum absolute atomic E-state index is 0.746. The number of rotatable bonds is 2. The summed E-state index contributed by atoms with van der Waals surface area (Å²) in [5.41, 5.74) is 1.24. The van der Waals surface area contributed by atoms with Crippen molar-refractivity contribution in [3.05, 3.63) is 24.0 Å². The van der Waals surface area contributed by atoms with E-state index in [1.54, 1.807) is 0 Å². The van der Waals surface area contributed by atoms with Gasteiger partial charge in [-0.05, 0) is 25.0 Å². The van der Waals surface area contributed by atoms with Gasteiger partial charge >= 0.3 is 0 Å². The Morgan fingerprint density at radius 3 is 3.00 bits per heavy atom. The van der Waals surface area contributed by atoms with Gasteiger partial charge in [0.2, 0.25) is 0 Å². The van der Waals surface area contributed by atoms with E-state index in [0.29, 0.717) is 0 Å². The lowest BCUT2D eigenvalue weighted by Crippen LogP contribution is -1.84. The fourth-order valence-electron chi connectivity index (χ4n) is 1.09. The van der Waals surface area contributed by atoms with Crippen molar-refractivity contribution in [2.75, 3.05) is 0 Å². The molecule has 0 N–H and O–H groups in total. The fourth-order valence-corrected chi connectivity index (χ4v) is 1.72. The molecule has 1 aliphatic rings. The number of pyridine rings is 1. The standard InChI is InChI=1S/C8H9NS2/c10-11-7-3-4-9-8(5-7)6-1-2-6/h3-6,10H,1-2H2. The Morgan fingerprint density at radius 2 is 2.36 bits per heavy atom. The highest BCUT2D eigenvalue weighted by atomic mass is 33.1. The van der Waals surface area contributed by atoms with E-state index in [1.165, 1.54) is 34.2 Å².